The lowest BCUT2D eigenvalue weighted by Crippen LogP contribution is -2.21. The minimum absolute atomic E-state index is 0.0115. The lowest BCUT2D eigenvalue weighted by molar-refractivity contribution is 0.261. The Hall–Kier alpha value is -8.73. The SMILES string of the molecule is Cc1cc(N=Nc2cc(OCCCS(=O)(=O)O)c(NC(=O)Nc3cc(C)c(N=Nc4cc(C)c(N=Nc5ccc(S(=O)(=O)O)cc5OCCCCS(=O)(=O)O)cc4OCCCS(=O)(=O)O)cc3OCCCS(=O)(=O)O)cc2C)c(OCCCS(=O)(=O)O)cc1N=Nc1ccc(S(=O)O)cc1OCCCCS(=O)(=O)O. The summed E-state index contributed by atoms with van der Waals surface area (Å²) in [5, 5.41) is 39.9. The first kappa shape index (κ1) is 89.2. The van der Waals surface area contributed by atoms with Crippen LogP contribution in [-0.2, 0) is 81.9 Å². The lowest BCUT2D eigenvalue weighted by Gasteiger charge is -2.17. The highest BCUT2D eigenvalue weighted by molar-refractivity contribution is 7.87. The molecule has 1 unspecified atom stereocenters. The second-order valence-electron chi connectivity index (χ2n) is 23.5. The van der Waals surface area contributed by atoms with Gasteiger partial charge in [0.25, 0.3) is 70.8 Å². The summed E-state index contributed by atoms with van der Waals surface area (Å²) in [6.45, 7) is 4.57. The lowest BCUT2D eigenvalue weighted by atomic mass is 10.1. The Labute approximate surface area is 629 Å². The Kier molecular flexibility index (Phi) is 32.5. The van der Waals surface area contributed by atoms with Crippen molar-refractivity contribution in [2.45, 2.75) is 88.9 Å². The van der Waals surface area contributed by atoms with Crippen molar-refractivity contribution in [3.8, 4) is 34.5 Å². The van der Waals surface area contributed by atoms with Crippen molar-refractivity contribution in [1.82, 2.24) is 0 Å². The number of nitrogens with one attached hydrogen (secondary N) is 2. The molecule has 0 spiro atoms. The van der Waals surface area contributed by atoms with Crippen LogP contribution in [0.15, 0.2) is 136 Å². The quantitative estimate of drug-likeness (QED) is 0.00735. The predicted octanol–water partition coefficient (Wildman–Crippen LogP) is 11.8. The van der Waals surface area contributed by atoms with Gasteiger partial charge in [0.2, 0.25) is 0 Å². The molecule has 0 bridgehead atoms. The van der Waals surface area contributed by atoms with Gasteiger partial charge in [0.15, 0.2) is 11.1 Å². The fourth-order valence-corrected chi connectivity index (χ4v) is 13.1. The number of azo groups is 4. The number of aryl methyl sites for hydroxylation is 4. The number of hydrogen-bond donors (Lipinski definition) is 10. The van der Waals surface area contributed by atoms with Crippen LogP contribution in [0.5, 0.6) is 34.5 Å². The van der Waals surface area contributed by atoms with Crippen molar-refractivity contribution in [3.05, 3.63) is 107 Å². The van der Waals surface area contributed by atoms with Gasteiger partial charge in [-0.05, 0) is 150 Å². The Morgan fingerprint density at radius 3 is 0.927 bits per heavy atom. The van der Waals surface area contributed by atoms with E-state index in [1.807, 2.05) is 0 Å². The van der Waals surface area contributed by atoms with Crippen molar-refractivity contribution >= 4 is 145 Å². The van der Waals surface area contributed by atoms with E-state index in [1.54, 1.807) is 27.7 Å². The van der Waals surface area contributed by atoms with Crippen LogP contribution in [-0.4, -0.2) is 180 Å². The van der Waals surface area contributed by atoms with E-state index >= 15 is 0 Å². The molecule has 1 atom stereocenters. The van der Waals surface area contributed by atoms with E-state index < -0.39 is 127 Å². The molecule has 10 N–H and O–H groups in total. The fraction of sp³-hybridized carbons (Fsp3) is 0.393. The van der Waals surface area contributed by atoms with Gasteiger partial charge in [0.1, 0.15) is 57.2 Å². The van der Waals surface area contributed by atoms with Gasteiger partial charge in [0, 0.05) is 36.4 Å². The van der Waals surface area contributed by atoms with E-state index in [1.165, 1.54) is 66.7 Å². The number of ether oxygens (including phenoxy) is 6. The van der Waals surface area contributed by atoms with Crippen molar-refractivity contribution in [1.29, 1.82) is 0 Å². The van der Waals surface area contributed by atoms with Crippen LogP contribution in [0.3, 0.4) is 0 Å². The highest BCUT2D eigenvalue weighted by Gasteiger charge is 2.22. The van der Waals surface area contributed by atoms with Gasteiger partial charge < -0.3 is 43.6 Å². The second-order valence-corrected chi connectivity index (χ2v) is 35.3. The van der Waals surface area contributed by atoms with Crippen molar-refractivity contribution in [3.63, 3.8) is 0 Å². The number of hydrogen-bond acceptors (Lipinski definition) is 30. The maximum atomic E-state index is 14.2. The smallest absolute Gasteiger partial charge is 0.323 e. The van der Waals surface area contributed by atoms with Gasteiger partial charge in [-0.2, -0.15) is 79.4 Å². The predicted molar refractivity (Wildman–Crippen MR) is 394 cm³/mol. The topological polar surface area (TPSA) is 613 Å². The summed E-state index contributed by atoms with van der Waals surface area (Å²) < 4.78 is 285. The molecular weight excluding hydrogens is 1610 g/mol. The number of rotatable bonds is 44. The molecule has 0 aliphatic rings. The summed E-state index contributed by atoms with van der Waals surface area (Å²) in [4.78, 5) is 13.5. The first-order valence-electron chi connectivity index (χ1n) is 31.9. The van der Waals surface area contributed by atoms with E-state index in [9.17, 15) is 95.2 Å². The van der Waals surface area contributed by atoms with E-state index in [4.69, 9.17) is 37.5 Å². The van der Waals surface area contributed by atoms with Crippen LogP contribution < -0.4 is 39.1 Å². The number of urea groups is 1. The molecule has 109 heavy (non-hydrogen) atoms. The first-order valence-corrected chi connectivity index (χ1v) is 44.1. The molecule has 48 heteroatoms. The highest BCUT2D eigenvalue weighted by atomic mass is 32.2. The molecule has 0 saturated heterocycles. The van der Waals surface area contributed by atoms with Gasteiger partial charge in [-0.25, -0.2) is 9.00 Å². The van der Waals surface area contributed by atoms with Crippen molar-refractivity contribution < 1.29 is 133 Å². The summed E-state index contributed by atoms with van der Waals surface area (Å²) in [6.07, 6.45) is -0.784. The average Bonchev–Trinajstić information content (AvgIpc) is 0.819. The van der Waals surface area contributed by atoms with Crippen LogP contribution in [0, 0.1) is 27.7 Å². The van der Waals surface area contributed by atoms with Crippen LogP contribution in [0.4, 0.5) is 61.7 Å². The number of nitrogens with zero attached hydrogens (tertiary/aromatic N) is 8. The number of unbranched alkanes of at least 4 members (excludes halogenated alkanes) is 2. The maximum absolute atomic E-state index is 14.2. The molecule has 6 aromatic rings. The molecule has 0 saturated carbocycles. The molecular formula is C61H76N10O30S8. The molecule has 0 radical (unpaired) electrons. The molecule has 2 amide bonds. The Morgan fingerprint density at radius 1 is 0.330 bits per heavy atom. The number of carbonyl (C=O) groups excluding carboxylic acids is 1. The van der Waals surface area contributed by atoms with E-state index in [0.29, 0.717) is 22.3 Å². The molecule has 6 rings (SSSR count). The first-order chi connectivity index (χ1) is 50.8. The third-order valence-electron chi connectivity index (χ3n) is 14.4. The molecule has 0 aliphatic heterocycles. The summed E-state index contributed by atoms with van der Waals surface area (Å²) in [5.41, 5.74) is 1.53. The van der Waals surface area contributed by atoms with E-state index in [0.717, 1.165) is 18.2 Å². The largest absolute Gasteiger partial charge is 0.491 e. The average molecular weight is 1690 g/mol. The van der Waals surface area contributed by atoms with Crippen LogP contribution in [0.2, 0.25) is 0 Å². The minimum Gasteiger partial charge on any atom is -0.491 e. The highest BCUT2D eigenvalue weighted by Crippen LogP contribution is 2.43. The molecule has 0 fully saturated rings. The molecule has 0 aliphatic carbocycles. The summed E-state index contributed by atoms with van der Waals surface area (Å²) in [6, 6.07) is 16.9. The zero-order valence-electron chi connectivity index (χ0n) is 58.1. The number of anilines is 2. The Morgan fingerprint density at radius 2 is 0.596 bits per heavy atom. The Balaban J connectivity index is 1.34. The van der Waals surface area contributed by atoms with Gasteiger partial charge in [-0.15, -0.1) is 20.5 Å². The second kappa shape index (κ2) is 39.8. The zero-order chi connectivity index (χ0) is 80.7. The summed E-state index contributed by atoms with van der Waals surface area (Å²) >= 11 is -2.45. The molecule has 40 nitrogen and oxygen atoms in total. The van der Waals surface area contributed by atoms with Crippen LogP contribution in [0.1, 0.15) is 73.6 Å². The Bertz CT molecular complexity index is 5280. The molecule has 0 heterocycles. The van der Waals surface area contributed by atoms with Gasteiger partial charge in [0.05, 0.1) is 118 Å². The van der Waals surface area contributed by atoms with Crippen LogP contribution >= 0.6 is 0 Å². The minimum atomic E-state index is -4.76. The summed E-state index contributed by atoms with van der Waals surface area (Å²) in [5.74, 6) is -4.66. The van der Waals surface area contributed by atoms with Crippen molar-refractivity contribution in [2.75, 3.05) is 84.8 Å². The van der Waals surface area contributed by atoms with Gasteiger partial charge in [-0.1, -0.05) is 0 Å². The third kappa shape index (κ3) is 32.8. The molecule has 0 aromatic heterocycles. The number of carbonyl (C=O) groups is 1. The standard InChI is InChI=1S/C61H76N10O30S8/c1-39-29-51(57(98-19-9-25-105(81,82)83)35-47(39)68-70-53-31-41(3)49(37-59(53)100-21-11-27-107(87,88)89)66-64-45-15-13-43(102(73)74)33-55(45)96-17-5-7-23-103(75,76)77)62-61(72)63-52-30-40(2)48(36-58(52)99-20-10-26-106(84,85)86)69-71-54-32-42(4)50(38-60(54)101-22-12-28-108(90,91)92)67-65-46-16-14-44(109(93,94)95)34-56(46)97-18-6-8-24-104(78,79)80/h13-16,29-38H,5-12,17-28H2,1-4H3,(H,73,74)(H2,62,63,72)(H,75,76,77)(H,78,79,80)(H,81,82,83)(H,84,85,86)(H,87,88,89)(H,90,91,92)(H,93,94,95). The van der Waals surface area contributed by atoms with E-state index in [2.05, 4.69) is 51.5 Å². The van der Waals surface area contributed by atoms with Crippen molar-refractivity contribution in [2.24, 2.45) is 40.9 Å². The van der Waals surface area contributed by atoms with Gasteiger partial charge in [-0.3, -0.25) is 31.9 Å². The fourth-order valence-electron chi connectivity index (χ4n) is 9.12. The maximum Gasteiger partial charge on any atom is 0.323 e. The number of benzene rings is 6. The number of amides is 2. The normalized spacial score (nSPS) is 13.0. The monoisotopic (exact) mass is 1680 g/mol. The molecule has 598 valence electrons. The zero-order valence-corrected chi connectivity index (χ0v) is 64.7. The summed E-state index contributed by atoms with van der Waals surface area (Å²) in [7, 11) is -31.1. The van der Waals surface area contributed by atoms with Gasteiger partial charge >= 0.3 is 6.03 Å². The van der Waals surface area contributed by atoms with Crippen LogP contribution in [0.25, 0.3) is 0 Å². The third-order valence-corrected chi connectivity index (χ3v) is 20.7. The van der Waals surface area contributed by atoms with E-state index in [-0.39, 0.29) is 187 Å². The molecule has 6 aromatic carbocycles.